The molecule has 0 saturated carbocycles. The number of aromatic nitrogens is 3. The van der Waals surface area contributed by atoms with Gasteiger partial charge in [0.15, 0.2) is 0 Å². The summed E-state index contributed by atoms with van der Waals surface area (Å²) in [4.78, 5) is 72.8. The zero-order valence-electron chi connectivity index (χ0n) is 23.7. The maximum Gasteiger partial charge on any atom is 0.326 e. The summed E-state index contributed by atoms with van der Waals surface area (Å²) >= 11 is 0. The number of H-pyrrole nitrogens is 2. The summed E-state index contributed by atoms with van der Waals surface area (Å²) in [5, 5.41) is 18.4. The van der Waals surface area contributed by atoms with Crippen LogP contribution < -0.4 is 33.2 Å². The molecule has 3 rings (SSSR count). The molecular weight excluding hydrogens is 558 g/mol. The number of hydrogen-bond acceptors (Lipinski definition) is 8. The average molecular weight is 598 g/mol. The number of carboxylic acid groups (broad SMARTS) is 1. The van der Waals surface area contributed by atoms with Gasteiger partial charge in [0.1, 0.15) is 18.1 Å². The third-order valence-electron chi connectivity index (χ3n) is 6.94. The van der Waals surface area contributed by atoms with Crippen LogP contribution in [0.2, 0.25) is 0 Å². The highest BCUT2D eigenvalue weighted by molar-refractivity contribution is 5.95. The standard InChI is InChI=1S/C28H39N9O6/c29-10-4-3-7-21(35-25(39)19(30)8-9-24(31)38)26(40)36-22(11-16-13-33-20-6-2-1-5-18(16)20)27(41)37-23(28(42)43)12-17-14-32-15-34-17/h1-2,5-6,13-15,19,21-23,33H,3-4,7-12,29-30H2,(H2,31,38)(H,32,34)(H,35,39)(H,36,40)(H,37,41)(H,42,43). The smallest absolute Gasteiger partial charge is 0.326 e. The number of nitrogens with two attached hydrogens (primary N) is 3. The van der Waals surface area contributed by atoms with Crippen LogP contribution in [0.5, 0.6) is 0 Å². The van der Waals surface area contributed by atoms with Crippen molar-refractivity contribution in [2.75, 3.05) is 6.54 Å². The van der Waals surface area contributed by atoms with Crippen LogP contribution in [0.25, 0.3) is 10.9 Å². The molecule has 0 radical (unpaired) electrons. The van der Waals surface area contributed by atoms with Crippen LogP contribution in [0.1, 0.15) is 43.4 Å². The van der Waals surface area contributed by atoms with Crippen LogP contribution in [0.3, 0.4) is 0 Å². The molecule has 3 aromatic rings. The lowest BCUT2D eigenvalue weighted by Gasteiger charge is -2.25. The summed E-state index contributed by atoms with van der Waals surface area (Å²) in [6.45, 7) is 0.374. The highest BCUT2D eigenvalue weighted by Crippen LogP contribution is 2.19. The molecule has 0 aliphatic rings. The van der Waals surface area contributed by atoms with Gasteiger partial charge in [0.25, 0.3) is 0 Å². The molecule has 0 bridgehead atoms. The van der Waals surface area contributed by atoms with Gasteiger partial charge in [0.2, 0.25) is 23.6 Å². The molecule has 4 unspecified atom stereocenters. The maximum absolute atomic E-state index is 13.6. The van der Waals surface area contributed by atoms with Gasteiger partial charge in [-0.15, -0.1) is 0 Å². The zero-order chi connectivity index (χ0) is 31.4. The lowest BCUT2D eigenvalue weighted by molar-refractivity contribution is -0.142. The molecule has 1 aromatic carbocycles. The molecule has 232 valence electrons. The van der Waals surface area contributed by atoms with E-state index in [1.807, 2.05) is 24.3 Å². The molecule has 0 spiro atoms. The molecule has 43 heavy (non-hydrogen) atoms. The zero-order valence-corrected chi connectivity index (χ0v) is 23.7. The molecule has 2 heterocycles. The summed E-state index contributed by atoms with van der Waals surface area (Å²) < 4.78 is 0. The second kappa shape index (κ2) is 16.0. The SMILES string of the molecule is NCCCCC(NC(=O)C(N)CCC(N)=O)C(=O)NC(Cc1c[nH]c2ccccc12)C(=O)NC(Cc1cnc[nH]1)C(=O)O. The van der Waals surface area contributed by atoms with Gasteiger partial charge in [0.05, 0.1) is 12.4 Å². The van der Waals surface area contributed by atoms with Gasteiger partial charge in [-0.05, 0) is 43.9 Å². The van der Waals surface area contributed by atoms with Crippen LogP contribution >= 0.6 is 0 Å². The van der Waals surface area contributed by atoms with Crippen molar-refractivity contribution in [1.82, 2.24) is 30.9 Å². The molecule has 4 amide bonds. The third kappa shape index (κ3) is 9.93. The van der Waals surface area contributed by atoms with E-state index < -0.39 is 53.8 Å². The Hall–Kier alpha value is -4.76. The predicted molar refractivity (Wildman–Crippen MR) is 157 cm³/mol. The second-order valence-electron chi connectivity index (χ2n) is 10.3. The Morgan fingerprint density at radius 3 is 2.26 bits per heavy atom. The first-order valence-corrected chi connectivity index (χ1v) is 14.0. The number of aliphatic carboxylic acids is 1. The van der Waals surface area contributed by atoms with E-state index in [1.54, 1.807) is 6.20 Å². The number of carboxylic acids is 1. The summed E-state index contributed by atoms with van der Waals surface area (Å²) in [5.74, 6) is -3.92. The van der Waals surface area contributed by atoms with Crippen molar-refractivity contribution in [3.05, 3.63) is 54.2 Å². The number of imidazole rings is 1. The fourth-order valence-corrected chi connectivity index (χ4v) is 4.56. The van der Waals surface area contributed by atoms with Crippen LogP contribution in [0.4, 0.5) is 0 Å². The molecule has 15 heteroatoms. The van der Waals surface area contributed by atoms with Crippen molar-refractivity contribution in [2.45, 2.75) is 69.1 Å². The van der Waals surface area contributed by atoms with Crippen LogP contribution in [0, 0.1) is 0 Å². The second-order valence-corrected chi connectivity index (χ2v) is 10.3. The van der Waals surface area contributed by atoms with Gasteiger partial charge in [-0.1, -0.05) is 18.2 Å². The van der Waals surface area contributed by atoms with Crippen molar-refractivity contribution in [3.63, 3.8) is 0 Å². The number of hydrogen-bond donors (Lipinski definition) is 9. The molecule has 15 nitrogen and oxygen atoms in total. The lowest BCUT2D eigenvalue weighted by Crippen LogP contribution is -2.57. The van der Waals surface area contributed by atoms with Crippen LogP contribution in [0.15, 0.2) is 43.0 Å². The lowest BCUT2D eigenvalue weighted by atomic mass is 10.0. The van der Waals surface area contributed by atoms with E-state index in [9.17, 15) is 29.1 Å². The van der Waals surface area contributed by atoms with E-state index in [2.05, 4.69) is 30.9 Å². The third-order valence-corrected chi connectivity index (χ3v) is 6.94. The van der Waals surface area contributed by atoms with Gasteiger partial charge < -0.3 is 48.2 Å². The van der Waals surface area contributed by atoms with E-state index in [-0.39, 0.29) is 32.1 Å². The van der Waals surface area contributed by atoms with Crippen molar-refractivity contribution in [2.24, 2.45) is 17.2 Å². The van der Waals surface area contributed by atoms with Crippen LogP contribution in [-0.2, 0) is 36.8 Å². The molecule has 0 saturated heterocycles. The van der Waals surface area contributed by atoms with Gasteiger partial charge >= 0.3 is 5.97 Å². The monoisotopic (exact) mass is 597 g/mol. The predicted octanol–water partition coefficient (Wildman–Crippen LogP) is -1.06. The van der Waals surface area contributed by atoms with Crippen molar-refractivity contribution < 1.29 is 29.1 Å². The Morgan fingerprint density at radius 1 is 0.884 bits per heavy atom. The van der Waals surface area contributed by atoms with E-state index in [4.69, 9.17) is 17.2 Å². The number of amides is 4. The number of primary amides is 1. The highest BCUT2D eigenvalue weighted by atomic mass is 16.4. The largest absolute Gasteiger partial charge is 0.480 e. The van der Waals surface area contributed by atoms with Crippen molar-refractivity contribution in [3.8, 4) is 0 Å². The Bertz CT molecular complexity index is 1390. The van der Waals surface area contributed by atoms with Gasteiger partial charge in [-0.3, -0.25) is 19.2 Å². The number of nitrogens with one attached hydrogen (secondary N) is 5. The highest BCUT2D eigenvalue weighted by Gasteiger charge is 2.31. The minimum atomic E-state index is -1.31. The topological polar surface area (TPSA) is 264 Å². The number of nitrogens with zero attached hydrogens (tertiary/aromatic N) is 1. The first-order valence-electron chi connectivity index (χ1n) is 14.0. The number of benzene rings is 1. The number of fused-ring (bicyclic) bond motifs is 1. The molecular formula is C28H39N9O6. The molecule has 0 aliphatic heterocycles. The number of rotatable bonds is 18. The number of carbonyl (C=O) groups is 5. The van der Waals surface area contributed by atoms with Crippen molar-refractivity contribution in [1.29, 1.82) is 0 Å². The minimum Gasteiger partial charge on any atom is -0.480 e. The molecule has 2 aromatic heterocycles. The summed E-state index contributed by atoms with van der Waals surface area (Å²) in [5.41, 5.74) is 18.7. The van der Waals surface area contributed by atoms with Gasteiger partial charge in [-0.25, -0.2) is 9.78 Å². The fourth-order valence-electron chi connectivity index (χ4n) is 4.56. The first kappa shape index (κ1) is 32.8. The quantitative estimate of drug-likeness (QED) is 0.0807. The Morgan fingerprint density at radius 2 is 1.58 bits per heavy atom. The molecule has 0 aliphatic carbocycles. The first-order chi connectivity index (χ1) is 20.6. The number of unbranched alkanes of at least 4 members (excludes halogenated alkanes) is 1. The summed E-state index contributed by atoms with van der Waals surface area (Å²) in [7, 11) is 0. The van der Waals surface area contributed by atoms with Gasteiger partial charge in [0, 0.05) is 48.3 Å². The summed E-state index contributed by atoms with van der Waals surface area (Å²) in [6.07, 6.45) is 5.72. The number of carbonyl (C=O) groups excluding carboxylic acids is 4. The number of aromatic amines is 2. The average Bonchev–Trinajstić information content (AvgIpc) is 3.64. The number of para-hydroxylation sites is 1. The molecule has 12 N–H and O–H groups in total. The summed E-state index contributed by atoms with van der Waals surface area (Å²) in [6, 6.07) is 2.75. The Labute approximate surface area is 247 Å². The maximum atomic E-state index is 13.6. The van der Waals surface area contributed by atoms with E-state index >= 15 is 0 Å². The normalized spacial score (nSPS) is 13.9. The fraction of sp³-hybridized carbons (Fsp3) is 0.429. The van der Waals surface area contributed by atoms with E-state index in [0.29, 0.717) is 30.6 Å². The Balaban J connectivity index is 1.83. The van der Waals surface area contributed by atoms with Gasteiger partial charge in [-0.2, -0.15) is 0 Å². The van der Waals surface area contributed by atoms with E-state index in [1.165, 1.54) is 12.5 Å². The van der Waals surface area contributed by atoms with Crippen LogP contribution in [-0.4, -0.2) is 80.4 Å². The van der Waals surface area contributed by atoms with E-state index in [0.717, 1.165) is 10.9 Å². The molecule has 0 fully saturated rings. The minimum absolute atomic E-state index is 0.00317. The molecule has 4 atom stereocenters. The van der Waals surface area contributed by atoms with Crippen molar-refractivity contribution >= 4 is 40.5 Å². The Kier molecular flexibility index (Phi) is 12.2.